The van der Waals surface area contributed by atoms with Crippen LogP contribution in [0.25, 0.3) is 11.0 Å². The summed E-state index contributed by atoms with van der Waals surface area (Å²) in [7, 11) is 1.38. The Hall–Kier alpha value is -1.84. The summed E-state index contributed by atoms with van der Waals surface area (Å²) in [5.41, 5.74) is 4.18. The predicted molar refractivity (Wildman–Crippen MR) is 61.3 cm³/mol. The predicted octanol–water partition coefficient (Wildman–Crippen LogP) is 1.90. The van der Waals surface area contributed by atoms with Crippen molar-refractivity contribution in [2.75, 3.05) is 7.11 Å². The number of esters is 1. The zero-order valence-electron chi connectivity index (χ0n) is 9.63. The number of carbonyl (C=O) groups is 1. The molecule has 2 rings (SSSR count). The van der Waals surface area contributed by atoms with Crippen LogP contribution in [0.2, 0.25) is 0 Å². The number of H-pyrrole nitrogens is 1. The highest BCUT2D eigenvalue weighted by Crippen LogP contribution is 2.18. The average Bonchev–Trinajstić information content (AvgIpc) is 2.60. The van der Waals surface area contributed by atoms with E-state index in [0.717, 1.165) is 16.6 Å². The Balaban J connectivity index is 2.44. The third-order valence-electron chi connectivity index (χ3n) is 2.51. The normalized spacial score (nSPS) is 10.7. The number of aryl methyl sites for hydroxylation is 2. The first kappa shape index (κ1) is 10.7. The maximum Gasteiger partial charge on any atom is 0.313 e. The molecule has 0 aliphatic rings. The largest absolute Gasteiger partial charge is 0.469 e. The van der Waals surface area contributed by atoms with Gasteiger partial charge in [0.1, 0.15) is 12.2 Å². The Morgan fingerprint density at radius 1 is 1.44 bits per heavy atom. The number of aromatic nitrogens is 2. The molecule has 0 aliphatic heterocycles. The number of nitrogens with zero attached hydrogens (tertiary/aromatic N) is 1. The fourth-order valence-corrected chi connectivity index (χ4v) is 1.81. The van der Waals surface area contributed by atoms with Gasteiger partial charge in [0.15, 0.2) is 0 Å². The lowest BCUT2D eigenvalue weighted by Crippen LogP contribution is -2.05. The van der Waals surface area contributed by atoms with Gasteiger partial charge in [-0.2, -0.15) is 0 Å². The van der Waals surface area contributed by atoms with Gasteiger partial charge in [-0.25, -0.2) is 4.98 Å². The highest BCUT2D eigenvalue weighted by Gasteiger charge is 2.09. The molecular formula is C12H14N2O2. The Labute approximate surface area is 93.6 Å². The smallest absolute Gasteiger partial charge is 0.313 e. The maximum absolute atomic E-state index is 11.1. The molecule has 0 fully saturated rings. The van der Waals surface area contributed by atoms with E-state index in [2.05, 4.69) is 20.8 Å². The lowest BCUT2D eigenvalue weighted by atomic mass is 10.1. The minimum Gasteiger partial charge on any atom is -0.469 e. The van der Waals surface area contributed by atoms with E-state index < -0.39 is 0 Å². The maximum atomic E-state index is 11.1. The molecule has 0 atom stereocenters. The van der Waals surface area contributed by atoms with Crippen molar-refractivity contribution in [2.24, 2.45) is 0 Å². The van der Waals surface area contributed by atoms with Crippen LogP contribution in [0.5, 0.6) is 0 Å². The molecule has 0 bridgehead atoms. The van der Waals surface area contributed by atoms with Gasteiger partial charge in [-0.05, 0) is 31.0 Å². The van der Waals surface area contributed by atoms with E-state index in [0.29, 0.717) is 5.82 Å². The van der Waals surface area contributed by atoms with Gasteiger partial charge in [-0.15, -0.1) is 0 Å². The van der Waals surface area contributed by atoms with Crippen LogP contribution in [0.15, 0.2) is 12.1 Å². The van der Waals surface area contributed by atoms with Crippen LogP contribution in [0.1, 0.15) is 17.0 Å². The lowest BCUT2D eigenvalue weighted by molar-refractivity contribution is -0.139. The summed E-state index contributed by atoms with van der Waals surface area (Å²) in [4.78, 5) is 18.6. The van der Waals surface area contributed by atoms with Crippen LogP contribution < -0.4 is 0 Å². The van der Waals surface area contributed by atoms with Crippen molar-refractivity contribution in [3.8, 4) is 0 Å². The Kier molecular flexibility index (Phi) is 2.64. The van der Waals surface area contributed by atoms with Crippen molar-refractivity contribution in [3.63, 3.8) is 0 Å². The lowest BCUT2D eigenvalue weighted by Gasteiger charge is -1.96. The van der Waals surface area contributed by atoms with Crippen molar-refractivity contribution in [2.45, 2.75) is 20.3 Å². The molecule has 4 nitrogen and oxygen atoms in total. The van der Waals surface area contributed by atoms with Gasteiger partial charge in [-0.3, -0.25) is 4.79 Å². The molecular weight excluding hydrogens is 204 g/mol. The Morgan fingerprint density at radius 3 is 2.88 bits per heavy atom. The summed E-state index contributed by atoms with van der Waals surface area (Å²) in [5, 5.41) is 0. The van der Waals surface area contributed by atoms with Gasteiger partial charge in [-0.1, -0.05) is 6.07 Å². The number of ether oxygens (including phenoxy) is 1. The number of fused-ring (bicyclic) bond motifs is 1. The molecule has 1 aromatic heterocycles. The van der Waals surface area contributed by atoms with Crippen LogP contribution in [0, 0.1) is 13.8 Å². The van der Waals surface area contributed by atoms with Crippen LogP contribution in [-0.2, 0) is 16.0 Å². The highest BCUT2D eigenvalue weighted by molar-refractivity contribution is 5.81. The van der Waals surface area contributed by atoms with Gasteiger partial charge in [0.05, 0.1) is 18.1 Å². The zero-order valence-corrected chi connectivity index (χ0v) is 9.63. The van der Waals surface area contributed by atoms with Gasteiger partial charge in [0, 0.05) is 0 Å². The second kappa shape index (κ2) is 3.96. The first-order chi connectivity index (χ1) is 7.60. The molecule has 1 heterocycles. The van der Waals surface area contributed by atoms with Crippen molar-refractivity contribution in [1.29, 1.82) is 0 Å². The van der Waals surface area contributed by atoms with Crippen molar-refractivity contribution < 1.29 is 9.53 Å². The first-order valence-corrected chi connectivity index (χ1v) is 5.13. The molecule has 84 valence electrons. The van der Waals surface area contributed by atoms with Crippen molar-refractivity contribution in [1.82, 2.24) is 9.97 Å². The Bertz CT molecular complexity index is 543. The summed E-state index contributed by atoms with van der Waals surface area (Å²) in [6.07, 6.45) is 0.184. The highest BCUT2D eigenvalue weighted by atomic mass is 16.5. The molecule has 0 amide bonds. The van der Waals surface area contributed by atoms with Gasteiger partial charge in [0.2, 0.25) is 0 Å². The second-order valence-corrected chi connectivity index (χ2v) is 3.91. The standard InChI is InChI=1S/C12H14N2O2/c1-7-4-8(2)12-9(5-7)13-10(14-12)6-11(15)16-3/h4-5H,6H2,1-3H3,(H,13,14). The number of benzene rings is 1. The number of rotatable bonds is 2. The van der Waals surface area contributed by atoms with Crippen LogP contribution in [0.3, 0.4) is 0 Å². The van der Waals surface area contributed by atoms with E-state index in [4.69, 9.17) is 0 Å². The number of methoxy groups -OCH3 is 1. The summed E-state index contributed by atoms with van der Waals surface area (Å²) in [6, 6.07) is 4.10. The number of hydrogen-bond acceptors (Lipinski definition) is 3. The van der Waals surface area contributed by atoms with Gasteiger partial charge < -0.3 is 9.72 Å². The number of carbonyl (C=O) groups excluding carboxylic acids is 1. The molecule has 1 aromatic carbocycles. The molecule has 0 radical (unpaired) electrons. The second-order valence-electron chi connectivity index (χ2n) is 3.91. The van der Waals surface area contributed by atoms with E-state index in [1.807, 2.05) is 19.9 Å². The summed E-state index contributed by atoms with van der Waals surface area (Å²) < 4.78 is 4.61. The molecule has 2 aromatic rings. The summed E-state index contributed by atoms with van der Waals surface area (Å²) in [6.45, 7) is 4.05. The van der Waals surface area contributed by atoms with Crippen LogP contribution >= 0.6 is 0 Å². The summed E-state index contributed by atoms with van der Waals surface area (Å²) >= 11 is 0. The quantitative estimate of drug-likeness (QED) is 0.783. The third kappa shape index (κ3) is 1.91. The molecule has 0 saturated carbocycles. The van der Waals surface area contributed by atoms with Crippen LogP contribution in [-0.4, -0.2) is 23.0 Å². The molecule has 4 heteroatoms. The molecule has 0 spiro atoms. The summed E-state index contributed by atoms with van der Waals surface area (Å²) in [5.74, 6) is 0.365. The van der Waals surface area contributed by atoms with E-state index in [1.165, 1.54) is 12.7 Å². The topological polar surface area (TPSA) is 55.0 Å². The number of imidazole rings is 1. The third-order valence-corrected chi connectivity index (χ3v) is 2.51. The fourth-order valence-electron chi connectivity index (χ4n) is 1.81. The van der Waals surface area contributed by atoms with Crippen molar-refractivity contribution in [3.05, 3.63) is 29.1 Å². The molecule has 16 heavy (non-hydrogen) atoms. The fraction of sp³-hybridized carbons (Fsp3) is 0.333. The monoisotopic (exact) mass is 218 g/mol. The van der Waals surface area contributed by atoms with E-state index in [-0.39, 0.29) is 12.4 Å². The number of hydrogen-bond donors (Lipinski definition) is 1. The SMILES string of the molecule is COC(=O)Cc1nc2c(C)cc(C)cc2[nH]1. The minimum atomic E-state index is -0.284. The van der Waals surface area contributed by atoms with Gasteiger partial charge >= 0.3 is 5.97 Å². The number of nitrogens with one attached hydrogen (secondary N) is 1. The molecule has 1 N–H and O–H groups in total. The van der Waals surface area contributed by atoms with Crippen LogP contribution in [0.4, 0.5) is 0 Å². The Morgan fingerprint density at radius 2 is 2.19 bits per heavy atom. The minimum absolute atomic E-state index is 0.184. The van der Waals surface area contributed by atoms with E-state index >= 15 is 0 Å². The van der Waals surface area contributed by atoms with Gasteiger partial charge in [0.25, 0.3) is 0 Å². The average molecular weight is 218 g/mol. The number of aromatic amines is 1. The van der Waals surface area contributed by atoms with Crippen molar-refractivity contribution >= 4 is 17.0 Å². The molecule has 0 aliphatic carbocycles. The van der Waals surface area contributed by atoms with E-state index in [1.54, 1.807) is 0 Å². The van der Waals surface area contributed by atoms with E-state index in [9.17, 15) is 4.79 Å². The molecule has 0 saturated heterocycles. The first-order valence-electron chi connectivity index (χ1n) is 5.13. The zero-order chi connectivity index (χ0) is 11.7. The molecule has 0 unspecified atom stereocenters.